The molecule has 0 radical (unpaired) electrons. The van der Waals surface area contributed by atoms with Gasteiger partial charge in [-0.1, -0.05) is 0 Å². The van der Waals surface area contributed by atoms with Gasteiger partial charge in [-0.15, -0.1) is 0 Å². The summed E-state index contributed by atoms with van der Waals surface area (Å²) in [5.74, 6) is 0. The fraction of sp³-hybridized carbons (Fsp3) is 0.231. The van der Waals surface area contributed by atoms with Crippen LogP contribution in [0.4, 0.5) is 0 Å². The zero-order valence-electron chi connectivity index (χ0n) is 10.2. The Kier molecular flexibility index (Phi) is 2.82. The third kappa shape index (κ3) is 2.00. The van der Waals surface area contributed by atoms with Gasteiger partial charge in [0.05, 0.1) is 12.7 Å². The second kappa shape index (κ2) is 4.62. The van der Waals surface area contributed by atoms with Crippen molar-refractivity contribution >= 4 is 11.0 Å². The first kappa shape index (κ1) is 11.0. The molecular formula is C13H15N5. The molecule has 0 aromatic carbocycles. The van der Waals surface area contributed by atoms with Gasteiger partial charge in [0.15, 0.2) is 0 Å². The Morgan fingerprint density at radius 1 is 1.33 bits per heavy atom. The first-order valence-corrected chi connectivity index (χ1v) is 5.97. The summed E-state index contributed by atoms with van der Waals surface area (Å²) < 4.78 is 1.94. The molecule has 3 heterocycles. The van der Waals surface area contributed by atoms with E-state index in [9.17, 15) is 0 Å². The number of likely N-dealkylation sites (N-methyl/N-ethyl adjacent to an activating group) is 1. The van der Waals surface area contributed by atoms with Gasteiger partial charge in [-0.3, -0.25) is 4.68 Å². The van der Waals surface area contributed by atoms with Gasteiger partial charge in [-0.2, -0.15) is 5.10 Å². The third-order valence-electron chi connectivity index (χ3n) is 2.96. The lowest BCUT2D eigenvalue weighted by molar-refractivity contribution is 0.585. The topological polar surface area (TPSA) is 58.5 Å². The maximum Gasteiger partial charge on any atom is 0.137 e. The molecule has 2 N–H and O–H groups in total. The van der Waals surface area contributed by atoms with E-state index in [1.807, 2.05) is 42.6 Å². The summed E-state index contributed by atoms with van der Waals surface area (Å²) in [5.41, 5.74) is 3.11. The molecule has 0 saturated carbocycles. The number of hydrogen-bond acceptors (Lipinski definition) is 3. The summed E-state index contributed by atoms with van der Waals surface area (Å²) in [6.45, 7) is 1.78. The van der Waals surface area contributed by atoms with Gasteiger partial charge in [-0.05, 0) is 19.2 Å². The van der Waals surface area contributed by atoms with Crippen LogP contribution < -0.4 is 5.32 Å². The van der Waals surface area contributed by atoms with E-state index in [-0.39, 0.29) is 0 Å². The van der Waals surface area contributed by atoms with Crippen molar-refractivity contribution in [3.8, 4) is 11.1 Å². The van der Waals surface area contributed by atoms with Crippen molar-refractivity contribution in [2.75, 3.05) is 13.6 Å². The maximum absolute atomic E-state index is 4.38. The number of fused-ring (bicyclic) bond motifs is 1. The van der Waals surface area contributed by atoms with Crippen molar-refractivity contribution in [1.29, 1.82) is 0 Å². The minimum Gasteiger partial charge on any atom is -0.346 e. The molecule has 0 aliphatic rings. The summed E-state index contributed by atoms with van der Waals surface area (Å²) in [6.07, 6.45) is 7.70. The molecule has 3 aromatic rings. The number of pyridine rings is 1. The van der Waals surface area contributed by atoms with Crippen molar-refractivity contribution in [3.63, 3.8) is 0 Å². The minimum atomic E-state index is 0.871. The third-order valence-corrected chi connectivity index (χ3v) is 2.96. The fourth-order valence-corrected chi connectivity index (χ4v) is 1.96. The quantitative estimate of drug-likeness (QED) is 0.730. The number of H-pyrrole nitrogens is 1. The van der Waals surface area contributed by atoms with Crippen molar-refractivity contribution in [3.05, 3.63) is 36.9 Å². The summed E-state index contributed by atoms with van der Waals surface area (Å²) >= 11 is 0. The van der Waals surface area contributed by atoms with Crippen LogP contribution in [0, 0.1) is 0 Å². The molecule has 0 unspecified atom stereocenters. The SMILES string of the molecule is CNCCn1cc(-c2cnc3[nH]ccc3c2)cn1. The Hall–Kier alpha value is -2.14. The predicted molar refractivity (Wildman–Crippen MR) is 71.2 cm³/mol. The van der Waals surface area contributed by atoms with Crippen LogP contribution in [0.2, 0.25) is 0 Å². The molecule has 0 aliphatic carbocycles. The van der Waals surface area contributed by atoms with Crippen LogP contribution in [0.15, 0.2) is 36.9 Å². The van der Waals surface area contributed by atoms with Gasteiger partial charge in [0.2, 0.25) is 0 Å². The monoisotopic (exact) mass is 241 g/mol. The lowest BCUT2D eigenvalue weighted by Crippen LogP contribution is -2.14. The fourth-order valence-electron chi connectivity index (χ4n) is 1.96. The van der Waals surface area contributed by atoms with Gasteiger partial charge in [0, 0.05) is 41.6 Å². The largest absolute Gasteiger partial charge is 0.346 e. The van der Waals surface area contributed by atoms with Crippen LogP contribution in [0.3, 0.4) is 0 Å². The average molecular weight is 241 g/mol. The van der Waals surface area contributed by atoms with E-state index in [0.29, 0.717) is 0 Å². The Labute approximate surface area is 105 Å². The highest BCUT2D eigenvalue weighted by atomic mass is 15.3. The van der Waals surface area contributed by atoms with E-state index >= 15 is 0 Å². The van der Waals surface area contributed by atoms with Crippen LogP contribution in [0.25, 0.3) is 22.2 Å². The molecule has 18 heavy (non-hydrogen) atoms. The molecule has 5 heteroatoms. The number of aromatic nitrogens is 4. The lowest BCUT2D eigenvalue weighted by Gasteiger charge is -1.99. The van der Waals surface area contributed by atoms with Crippen LogP contribution >= 0.6 is 0 Å². The molecule has 0 bridgehead atoms. The molecule has 3 rings (SSSR count). The molecular weight excluding hydrogens is 226 g/mol. The van der Waals surface area contributed by atoms with Crippen LogP contribution in [-0.4, -0.2) is 33.3 Å². The Morgan fingerprint density at radius 2 is 2.28 bits per heavy atom. The summed E-state index contributed by atoms with van der Waals surface area (Å²) in [7, 11) is 1.94. The molecule has 0 fully saturated rings. The van der Waals surface area contributed by atoms with Gasteiger partial charge in [0.25, 0.3) is 0 Å². The lowest BCUT2D eigenvalue weighted by atomic mass is 10.1. The van der Waals surface area contributed by atoms with Crippen LogP contribution in [0.5, 0.6) is 0 Å². The second-order valence-electron chi connectivity index (χ2n) is 4.24. The van der Waals surface area contributed by atoms with E-state index in [0.717, 1.165) is 35.2 Å². The normalized spacial score (nSPS) is 11.2. The van der Waals surface area contributed by atoms with Crippen molar-refractivity contribution in [1.82, 2.24) is 25.1 Å². The predicted octanol–water partition coefficient (Wildman–Crippen LogP) is 1.65. The average Bonchev–Trinajstić information content (AvgIpc) is 3.04. The molecule has 0 atom stereocenters. The molecule has 5 nitrogen and oxygen atoms in total. The first-order valence-electron chi connectivity index (χ1n) is 5.97. The van der Waals surface area contributed by atoms with Crippen molar-refractivity contribution in [2.24, 2.45) is 0 Å². The highest BCUT2D eigenvalue weighted by Crippen LogP contribution is 2.21. The van der Waals surface area contributed by atoms with E-state index in [4.69, 9.17) is 0 Å². The van der Waals surface area contributed by atoms with Gasteiger partial charge >= 0.3 is 0 Å². The van der Waals surface area contributed by atoms with Crippen molar-refractivity contribution < 1.29 is 0 Å². The number of nitrogens with one attached hydrogen (secondary N) is 2. The number of nitrogens with zero attached hydrogens (tertiary/aromatic N) is 3. The minimum absolute atomic E-state index is 0.871. The molecule has 0 amide bonds. The highest BCUT2D eigenvalue weighted by Gasteiger charge is 2.04. The smallest absolute Gasteiger partial charge is 0.137 e. The number of aromatic amines is 1. The molecule has 92 valence electrons. The molecule has 0 aliphatic heterocycles. The van der Waals surface area contributed by atoms with Gasteiger partial charge in [0.1, 0.15) is 5.65 Å². The zero-order valence-corrected chi connectivity index (χ0v) is 10.2. The molecule has 0 saturated heterocycles. The van der Waals surface area contributed by atoms with E-state index < -0.39 is 0 Å². The maximum atomic E-state index is 4.38. The molecule has 3 aromatic heterocycles. The second-order valence-corrected chi connectivity index (χ2v) is 4.24. The number of hydrogen-bond donors (Lipinski definition) is 2. The first-order chi connectivity index (χ1) is 8.86. The Morgan fingerprint density at radius 3 is 3.17 bits per heavy atom. The van der Waals surface area contributed by atoms with Crippen LogP contribution in [0.1, 0.15) is 0 Å². The highest BCUT2D eigenvalue weighted by molar-refractivity contribution is 5.80. The van der Waals surface area contributed by atoms with E-state index in [1.54, 1.807) is 0 Å². The standard InChI is InChI=1S/C13H15N5/c1-14-4-5-18-9-12(8-17-18)11-6-10-2-3-15-13(10)16-7-11/h2-3,6-9,14H,4-5H2,1H3,(H,15,16). The molecule has 0 spiro atoms. The zero-order chi connectivity index (χ0) is 12.4. The summed E-state index contributed by atoms with van der Waals surface area (Å²) in [5, 5.41) is 8.57. The Balaban J connectivity index is 1.90. The van der Waals surface area contributed by atoms with E-state index in [1.165, 1.54) is 0 Å². The van der Waals surface area contributed by atoms with Gasteiger partial charge in [-0.25, -0.2) is 4.98 Å². The van der Waals surface area contributed by atoms with Crippen molar-refractivity contribution in [2.45, 2.75) is 6.54 Å². The summed E-state index contributed by atoms with van der Waals surface area (Å²) in [6, 6.07) is 4.15. The van der Waals surface area contributed by atoms with Gasteiger partial charge < -0.3 is 10.3 Å². The van der Waals surface area contributed by atoms with E-state index in [2.05, 4.69) is 26.4 Å². The Bertz CT molecular complexity index is 652. The number of rotatable bonds is 4. The van der Waals surface area contributed by atoms with Crippen LogP contribution in [-0.2, 0) is 6.54 Å². The summed E-state index contributed by atoms with van der Waals surface area (Å²) in [4.78, 5) is 7.48.